The highest BCUT2D eigenvalue weighted by Gasteiger charge is 2.35. The van der Waals surface area contributed by atoms with Crippen LogP contribution >= 0.6 is 22.9 Å². The van der Waals surface area contributed by atoms with Gasteiger partial charge in [0.2, 0.25) is 0 Å². The molecule has 2 nitrogen and oxygen atoms in total. The fourth-order valence-corrected chi connectivity index (χ4v) is 4.87. The molecule has 0 radical (unpaired) electrons. The third-order valence-electron chi connectivity index (χ3n) is 4.97. The molecule has 3 rings (SSSR count). The molecular formula is C20H22ClNOS. The van der Waals surface area contributed by atoms with Crippen molar-refractivity contribution in [3.05, 3.63) is 68.4 Å². The summed E-state index contributed by atoms with van der Waals surface area (Å²) in [6.07, 6.45) is 0. The average molecular weight is 360 g/mol. The molecule has 1 aromatic heterocycles. The topological polar surface area (TPSA) is 20.3 Å². The molecule has 0 amide bonds. The molecule has 2 atom stereocenters. The van der Waals surface area contributed by atoms with Crippen LogP contribution in [0.15, 0.2) is 42.5 Å². The molecular weight excluding hydrogens is 338 g/mol. The summed E-state index contributed by atoms with van der Waals surface area (Å²) in [6, 6.07) is 10.9. The molecule has 0 N–H and O–H groups in total. The lowest BCUT2D eigenvalue weighted by Crippen LogP contribution is -2.42. The number of aryl methyl sites for hydroxylation is 1. The van der Waals surface area contributed by atoms with E-state index in [1.54, 1.807) is 18.3 Å². The molecule has 1 aliphatic rings. The zero-order valence-corrected chi connectivity index (χ0v) is 15.9. The summed E-state index contributed by atoms with van der Waals surface area (Å²) in [6.45, 7) is 11.3. The van der Waals surface area contributed by atoms with Crippen LogP contribution in [0.5, 0.6) is 0 Å². The highest BCUT2D eigenvalue weighted by Crippen LogP contribution is 2.44. The van der Waals surface area contributed by atoms with Crippen molar-refractivity contribution in [3.8, 4) is 0 Å². The van der Waals surface area contributed by atoms with Gasteiger partial charge in [0.25, 0.3) is 0 Å². The van der Waals surface area contributed by atoms with Crippen LogP contribution in [0.25, 0.3) is 0 Å². The first-order chi connectivity index (χ1) is 11.4. The van der Waals surface area contributed by atoms with Crippen molar-refractivity contribution in [1.82, 2.24) is 4.90 Å². The van der Waals surface area contributed by atoms with E-state index in [9.17, 15) is 4.79 Å². The Labute approximate surface area is 152 Å². The van der Waals surface area contributed by atoms with Gasteiger partial charge in [-0.1, -0.05) is 42.4 Å². The van der Waals surface area contributed by atoms with Crippen molar-refractivity contribution in [2.45, 2.75) is 39.3 Å². The Morgan fingerprint density at radius 1 is 1.38 bits per heavy atom. The molecule has 4 heteroatoms. The number of rotatable bonds is 4. The van der Waals surface area contributed by atoms with Gasteiger partial charge < -0.3 is 0 Å². The van der Waals surface area contributed by atoms with Gasteiger partial charge in [0.15, 0.2) is 5.78 Å². The van der Waals surface area contributed by atoms with Gasteiger partial charge in [-0.05, 0) is 43.5 Å². The molecule has 2 aromatic rings. The number of halogens is 1. The molecule has 0 fully saturated rings. The van der Waals surface area contributed by atoms with Gasteiger partial charge in [-0.15, -0.1) is 11.3 Å². The molecule has 0 bridgehead atoms. The fraction of sp³-hybridized carbons (Fsp3) is 0.350. The minimum absolute atomic E-state index is 0.0599. The minimum Gasteiger partial charge on any atom is -0.295 e. The second kappa shape index (κ2) is 6.83. The van der Waals surface area contributed by atoms with Crippen molar-refractivity contribution in [2.75, 3.05) is 6.54 Å². The van der Waals surface area contributed by atoms with Crippen molar-refractivity contribution in [2.24, 2.45) is 0 Å². The van der Waals surface area contributed by atoms with E-state index >= 15 is 0 Å². The van der Waals surface area contributed by atoms with Crippen LogP contribution in [0.1, 0.15) is 41.3 Å². The maximum atomic E-state index is 11.6. The first-order valence-electron chi connectivity index (χ1n) is 8.15. The smallest absolute Gasteiger partial charge is 0.156 e. The van der Waals surface area contributed by atoms with Gasteiger partial charge in [0, 0.05) is 35.5 Å². The van der Waals surface area contributed by atoms with Gasteiger partial charge in [-0.2, -0.15) is 0 Å². The number of benzene rings is 1. The van der Waals surface area contributed by atoms with Crippen LogP contribution in [0.4, 0.5) is 0 Å². The number of carbonyl (C=O) groups is 1. The maximum absolute atomic E-state index is 11.6. The Morgan fingerprint density at radius 2 is 2.08 bits per heavy atom. The van der Waals surface area contributed by atoms with Crippen molar-refractivity contribution >= 4 is 28.7 Å². The van der Waals surface area contributed by atoms with Crippen LogP contribution in [-0.2, 0) is 11.3 Å². The zero-order chi connectivity index (χ0) is 17.4. The monoisotopic (exact) mass is 359 g/mol. The highest BCUT2D eigenvalue weighted by molar-refractivity contribution is 7.16. The molecule has 0 aliphatic carbocycles. The average Bonchev–Trinajstić information content (AvgIpc) is 2.89. The summed E-state index contributed by atoms with van der Waals surface area (Å²) in [7, 11) is 0. The molecule has 126 valence electrons. The van der Waals surface area contributed by atoms with Crippen molar-refractivity contribution < 1.29 is 4.79 Å². The second-order valence-electron chi connectivity index (χ2n) is 6.57. The molecule has 2 heterocycles. The summed E-state index contributed by atoms with van der Waals surface area (Å²) >= 11 is 7.97. The van der Waals surface area contributed by atoms with E-state index in [0.29, 0.717) is 12.1 Å². The van der Waals surface area contributed by atoms with Crippen LogP contribution in [0.2, 0.25) is 4.34 Å². The predicted molar refractivity (Wildman–Crippen MR) is 102 cm³/mol. The lowest BCUT2D eigenvalue weighted by atomic mass is 9.80. The normalized spacial score (nSPS) is 20.7. The quantitative estimate of drug-likeness (QED) is 0.700. The summed E-state index contributed by atoms with van der Waals surface area (Å²) in [4.78, 5) is 15.3. The number of Topliss-reactive ketones (excluding diaryl/α,β-unsaturated/α-hetero) is 1. The standard InChI is InChI=1S/C20H22ClNOS/c1-12-7-5-6-8-16(12)20-14(3)22(10-13(2)15(4)23)11-18-17(20)9-19(21)24-18/h5-9,14,20H,2,10-11H2,1,3-4H3/t14-,20+/m0/s1. The molecule has 0 saturated carbocycles. The van der Waals surface area contributed by atoms with Crippen LogP contribution in [-0.4, -0.2) is 23.3 Å². The third kappa shape index (κ3) is 3.21. The maximum Gasteiger partial charge on any atom is 0.156 e. The number of thiophene rings is 1. The van der Waals surface area contributed by atoms with Crippen molar-refractivity contribution in [3.63, 3.8) is 0 Å². The largest absolute Gasteiger partial charge is 0.295 e. The molecule has 0 spiro atoms. The van der Waals surface area contributed by atoms with E-state index in [1.807, 2.05) is 0 Å². The lowest BCUT2D eigenvalue weighted by molar-refractivity contribution is -0.113. The van der Waals surface area contributed by atoms with Crippen LogP contribution in [0, 0.1) is 6.92 Å². The molecule has 1 aromatic carbocycles. The summed E-state index contributed by atoms with van der Waals surface area (Å²) in [5.41, 5.74) is 4.61. The zero-order valence-electron chi connectivity index (χ0n) is 14.3. The summed E-state index contributed by atoms with van der Waals surface area (Å²) in [5.74, 6) is 0.322. The molecule has 0 saturated heterocycles. The van der Waals surface area contributed by atoms with E-state index in [2.05, 4.69) is 55.7 Å². The molecule has 0 unspecified atom stereocenters. The fourth-order valence-electron chi connectivity index (χ4n) is 3.51. The minimum atomic E-state index is 0.0599. The van der Waals surface area contributed by atoms with Crippen LogP contribution < -0.4 is 0 Å². The Hall–Kier alpha value is -1.42. The summed E-state index contributed by atoms with van der Waals surface area (Å²) < 4.78 is 0.832. The highest BCUT2D eigenvalue weighted by atomic mass is 35.5. The van der Waals surface area contributed by atoms with E-state index in [0.717, 1.165) is 10.9 Å². The van der Waals surface area contributed by atoms with Gasteiger partial charge in [-0.25, -0.2) is 0 Å². The van der Waals surface area contributed by atoms with E-state index < -0.39 is 0 Å². The van der Waals surface area contributed by atoms with E-state index in [4.69, 9.17) is 11.6 Å². The van der Waals surface area contributed by atoms with E-state index in [-0.39, 0.29) is 17.7 Å². The number of hydrogen-bond acceptors (Lipinski definition) is 3. The first-order valence-corrected chi connectivity index (χ1v) is 9.34. The lowest BCUT2D eigenvalue weighted by Gasteiger charge is -2.40. The Kier molecular flexibility index (Phi) is 4.95. The predicted octanol–water partition coefficient (Wildman–Crippen LogP) is 5.19. The Balaban J connectivity index is 2.04. The van der Waals surface area contributed by atoms with Gasteiger partial charge in [-0.3, -0.25) is 9.69 Å². The number of hydrogen-bond donors (Lipinski definition) is 0. The third-order valence-corrected chi connectivity index (χ3v) is 6.23. The van der Waals surface area contributed by atoms with Gasteiger partial charge >= 0.3 is 0 Å². The summed E-state index contributed by atoms with van der Waals surface area (Å²) in [5, 5.41) is 0. The number of nitrogens with zero attached hydrogens (tertiary/aromatic N) is 1. The Morgan fingerprint density at radius 3 is 2.75 bits per heavy atom. The number of fused-ring (bicyclic) bond motifs is 1. The second-order valence-corrected chi connectivity index (χ2v) is 8.34. The van der Waals surface area contributed by atoms with Gasteiger partial charge in [0.05, 0.1) is 4.34 Å². The van der Waals surface area contributed by atoms with Gasteiger partial charge in [0.1, 0.15) is 0 Å². The van der Waals surface area contributed by atoms with Crippen molar-refractivity contribution in [1.29, 1.82) is 0 Å². The Bertz CT molecular complexity index is 795. The SMILES string of the molecule is C=C(CN1Cc2sc(Cl)cc2[C@@H](c2ccccc2C)[C@@H]1C)C(C)=O. The van der Waals surface area contributed by atoms with Crippen LogP contribution in [0.3, 0.4) is 0 Å². The number of ketones is 1. The van der Waals surface area contributed by atoms with E-state index in [1.165, 1.54) is 21.6 Å². The molecule has 24 heavy (non-hydrogen) atoms. The molecule has 1 aliphatic heterocycles. The first kappa shape index (κ1) is 17.4. The number of carbonyl (C=O) groups excluding carboxylic acids is 1.